The van der Waals surface area contributed by atoms with E-state index in [4.69, 9.17) is 19.2 Å². The predicted molar refractivity (Wildman–Crippen MR) is 217 cm³/mol. The number of imidazole rings is 2. The van der Waals surface area contributed by atoms with E-state index in [1.165, 1.54) is 7.11 Å². The Morgan fingerprint density at radius 3 is 2.26 bits per heavy atom. The van der Waals surface area contributed by atoms with E-state index >= 15 is 0 Å². The van der Waals surface area contributed by atoms with Crippen LogP contribution in [0.25, 0.3) is 33.6 Å². The number of allylic oxidation sites excluding steroid dienone is 1. The molecule has 3 aliphatic rings. The van der Waals surface area contributed by atoms with Gasteiger partial charge in [-0.2, -0.15) is 0 Å². The molecule has 0 radical (unpaired) electrons. The second-order valence-corrected chi connectivity index (χ2v) is 16.1. The highest BCUT2D eigenvalue weighted by molar-refractivity contribution is 5.86. The zero-order valence-corrected chi connectivity index (χ0v) is 33.5. The molecule has 3 amide bonds. The normalized spacial score (nSPS) is 20.9. The van der Waals surface area contributed by atoms with Gasteiger partial charge in [-0.25, -0.2) is 19.6 Å². The lowest BCUT2D eigenvalue weighted by Gasteiger charge is -2.28. The molecule has 3 atom stereocenters. The molecule has 2 bridgehead atoms. The Morgan fingerprint density at radius 1 is 0.825 bits per heavy atom. The molecule has 2 aromatic carbocycles. The molecule has 2 saturated heterocycles. The smallest absolute Gasteiger partial charge is 0.410 e. The number of carbonyl (C=O) groups is 3. The summed E-state index contributed by atoms with van der Waals surface area (Å²) in [5.41, 5.74) is 6.06. The van der Waals surface area contributed by atoms with Crippen molar-refractivity contribution in [1.29, 1.82) is 0 Å². The van der Waals surface area contributed by atoms with Crippen LogP contribution in [-0.4, -0.2) is 86.3 Å². The van der Waals surface area contributed by atoms with Gasteiger partial charge in [-0.3, -0.25) is 9.69 Å². The molecule has 4 aromatic rings. The van der Waals surface area contributed by atoms with Crippen molar-refractivity contribution >= 4 is 18.1 Å². The fraction of sp³-hybridized carbons (Fsp3) is 0.477. The van der Waals surface area contributed by atoms with Gasteiger partial charge in [-0.1, -0.05) is 73.5 Å². The fourth-order valence-corrected chi connectivity index (χ4v) is 8.01. The first-order valence-corrected chi connectivity index (χ1v) is 20.3. The summed E-state index contributed by atoms with van der Waals surface area (Å²) in [6.07, 6.45) is 12.7. The molecule has 2 fully saturated rings. The minimum absolute atomic E-state index is 0.107. The van der Waals surface area contributed by atoms with Crippen LogP contribution >= 0.6 is 0 Å². The van der Waals surface area contributed by atoms with E-state index < -0.39 is 17.7 Å². The largest absolute Gasteiger partial charge is 0.453 e. The molecule has 0 unspecified atom stereocenters. The molecule has 302 valence electrons. The molecular weight excluding hydrogens is 723 g/mol. The van der Waals surface area contributed by atoms with Crippen LogP contribution in [0.3, 0.4) is 0 Å². The number of hydrogen-bond donors (Lipinski definition) is 3. The third kappa shape index (κ3) is 9.58. The Labute approximate surface area is 334 Å². The van der Waals surface area contributed by atoms with Crippen LogP contribution in [0.5, 0.6) is 0 Å². The summed E-state index contributed by atoms with van der Waals surface area (Å²) >= 11 is 0. The van der Waals surface area contributed by atoms with Crippen molar-refractivity contribution in [2.45, 2.75) is 109 Å². The van der Waals surface area contributed by atoms with E-state index in [2.05, 4.69) is 81.0 Å². The number of ether oxygens (including phenoxy) is 3. The lowest BCUT2D eigenvalue weighted by Crippen LogP contribution is -2.48. The van der Waals surface area contributed by atoms with E-state index in [9.17, 15) is 14.4 Å². The molecule has 5 heterocycles. The van der Waals surface area contributed by atoms with Crippen molar-refractivity contribution < 1.29 is 28.6 Å². The van der Waals surface area contributed by atoms with Crippen LogP contribution in [0.15, 0.2) is 66.9 Å². The average molecular weight is 778 g/mol. The maximum absolute atomic E-state index is 14.0. The number of amides is 3. The molecule has 3 aliphatic heterocycles. The number of fused-ring (bicyclic) bond motifs is 4. The van der Waals surface area contributed by atoms with E-state index in [0.717, 1.165) is 102 Å². The molecule has 13 heteroatoms. The Morgan fingerprint density at radius 2 is 1.53 bits per heavy atom. The molecule has 2 aromatic heterocycles. The van der Waals surface area contributed by atoms with Crippen molar-refractivity contribution in [3.05, 3.63) is 84.2 Å². The van der Waals surface area contributed by atoms with Crippen molar-refractivity contribution in [3.63, 3.8) is 0 Å². The third-order valence-electron chi connectivity index (χ3n) is 10.9. The standard InChI is InChI=1S/C44H55N7O6/c1-44(2,3)57-43(54)51-25-12-14-36(51)39-45-27-34(46-39)31-20-16-29(17-21-31)30-18-22-32(23-19-30)38-35-28-56-26-10-8-6-5-7-9-13-33(48-42(53)55-4)41(52)50-24-11-15-37(50)40(47-35)49-38/h8,10,16-23,27,33,36-37H,5-7,9,11-15,24-26,28H2,1-4H3,(H,45,46)(H,47,49)(H,48,53)/t33-,36-,37-/m0/s1. The van der Waals surface area contributed by atoms with Gasteiger partial charge in [0.1, 0.15) is 23.3 Å². The van der Waals surface area contributed by atoms with Crippen LogP contribution in [0, 0.1) is 0 Å². The summed E-state index contributed by atoms with van der Waals surface area (Å²) in [7, 11) is 1.32. The van der Waals surface area contributed by atoms with Gasteiger partial charge in [0.05, 0.1) is 55.7 Å². The Balaban J connectivity index is 1.08. The molecule has 0 spiro atoms. The van der Waals surface area contributed by atoms with Gasteiger partial charge in [-0.05, 0) is 82.4 Å². The van der Waals surface area contributed by atoms with E-state index in [1.54, 1.807) is 4.90 Å². The number of methoxy groups -OCH3 is 1. The van der Waals surface area contributed by atoms with Crippen molar-refractivity contribution in [3.8, 4) is 33.6 Å². The predicted octanol–water partition coefficient (Wildman–Crippen LogP) is 8.63. The van der Waals surface area contributed by atoms with E-state index in [0.29, 0.717) is 32.7 Å². The number of rotatable bonds is 5. The monoisotopic (exact) mass is 777 g/mol. The van der Waals surface area contributed by atoms with Gasteiger partial charge in [0, 0.05) is 18.7 Å². The SMILES string of the molecule is COC(=O)N[C@H]1CCCCCC=CCOCc2[nH]c(nc2-c2ccc(-c3ccc(-c4cnc([C@@H]5CCCN5C(=O)OC(C)(C)C)[nH]4)cc3)cc2)[C@@H]2CCCN2C1=O. The number of H-pyrrole nitrogens is 2. The highest BCUT2D eigenvalue weighted by Crippen LogP contribution is 2.36. The summed E-state index contributed by atoms with van der Waals surface area (Å²) in [4.78, 5) is 59.5. The summed E-state index contributed by atoms with van der Waals surface area (Å²) in [5, 5.41) is 2.80. The number of nitrogens with zero attached hydrogens (tertiary/aromatic N) is 4. The first kappa shape index (κ1) is 39.8. The Bertz CT molecular complexity index is 2030. The maximum Gasteiger partial charge on any atom is 0.410 e. The number of likely N-dealkylation sites (tertiary alicyclic amines) is 1. The van der Waals surface area contributed by atoms with Gasteiger partial charge in [-0.15, -0.1) is 0 Å². The summed E-state index contributed by atoms with van der Waals surface area (Å²) in [6, 6.07) is 15.6. The van der Waals surface area contributed by atoms with Crippen molar-refractivity contribution in [2.75, 3.05) is 26.8 Å². The van der Waals surface area contributed by atoms with Gasteiger partial charge >= 0.3 is 12.2 Å². The van der Waals surface area contributed by atoms with Crippen LogP contribution in [0.4, 0.5) is 9.59 Å². The van der Waals surface area contributed by atoms with Gasteiger partial charge < -0.3 is 34.4 Å². The Kier molecular flexibility index (Phi) is 12.4. The van der Waals surface area contributed by atoms with Crippen molar-refractivity contribution in [1.82, 2.24) is 35.1 Å². The number of alkyl carbamates (subject to hydrolysis) is 1. The Hall–Kier alpha value is -5.43. The van der Waals surface area contributed by atoms with Crippen molar-refractivity contribution in [2.24, 2.45) is 0 Å². The number of aromatic amines is 2. The topological polar surface area (TPSA) is 155 Å². The van der Waals surface area contributed by atoms with Crippen LogP contribution < -0.4 is 5.32 Å². The minimum Gasteiger partial charge on any atom is -0.453 e. The summed E-state index contributed by atoms with van der Waals surface area (Å²) in [6.45, 7) is 7.72. The van der Waals surface area contributed by atoms with Gasteiger partial charge in [0.2, 0.25) is 5.91 Å². The lowest BCUT2D eigenvalue weighted by atomic mass is 10.0. The zero-order chi connectivity index (χ0) is 39.9. The molecule has 0 aliphatic carbocycles. The highest BCUT2D eigenvalue weighted by atomic mass is 16.6. The molecular formula is C44H55N7O6. The third-order valence-corrected chi connectivity index (χ3v) is 10.9. The minimum atomic E-state index is -0.659. The zero-order valence-electron chi connectivity index (χ0n) is 33.5. The first-order chi connectivity index (χ1) is 27.6. The maximum atomic E-state index is 14.0. The van der Waals surface area contributed by atoms with Gasteiger partial charge in [0.25, 0.3) is 0 Å². The summed E-state index contributed by atoms with van der Waals surface area (Å²) < 4.78 is 16.6. The lowest BCUT2D eigenvalue weighted by molar-refractivity contribution is -0.134. The first-order valence-electron chi connectivity index (χ1n) is 20.3. The quantitative estimate of drug-likeness (QED) is 0.170. The van der Waals surface area contributed by atoms with Crippen LogP contribution in [0.1, 0.15) is 108 Å². The molecule has 3 N–H and O–H groups in total. The second-order valence-electron chi connectivity index (χ2n) is 16.1. The highest BCUT2D eigenvalue weighted by Gasteiger charge is 2.37. The summed E-state index contributed by atoms with van der Waals surface area (Å²) in [5.74, 6) is 1.38. The molecule has 13 nitrogen and oxygen atoms in total. The second kappa shape index (κ2) is 17.8. The van der Waals surface area contributed by atoms with E-state index in [1.807, 2.05) is 31.9 Å². The fourth-order valence-electron chi connectivity index (χ4n) is 8.01. The van der Waals surface area contributed by atoms with Crippen LogP contribution in [-0.2, 0) is 25.6 Å². The average Bonchev–Trinajstić information content (AvgIpc) is 4.04. The van der Waals surface area contributed by atoms with E-state index in [-0.39, 0.29) is 24.1 Å². The molecule has 0 saturated carbocycles. The van der Waals surface area contributed by atoms with Crippen LogP contribution in [0.2, 0.25) is 0 Å². The number of aromatic nitrogens is 4. The van der Waals surface area contributed by atoms with Gasteiger partial charge in [0.15, 0.2) is 0 Å². The number of benzene rings is 2. The molecule has 57 heavy (non-hydrogen) atoms. The number of carbonyl (C=O) groups excluding carboxylic acids is 3. The molecule has 7 rings (SSSR count). The number of nitrogens with one attached hydrogen (secondary N) is 3. The number of hydrogen-bond acceptors (Lipinski definition) is 8.